The lowest BCUT2D eigenvalue weighted by Crippen LogP contribution is -2.38. The second-order valence-electron chi connectivity index (χ2n) is 2.92. The van der Waals surface area contributed by atoms with Crippen LogP contribution in [0.4, 0.5) is 13.2 Å². The SMILES string of the molecule is Cl.NC(c1ccccc1)C(O)C(F)(F)F. The number of aliphatic hydroxyl groups is 1. The van der Waals surface area contributed by atoms with E-state index in [1.165, 1.54) is 12.1 Å². The molecule has 1 aromatic rings. The average molecular weight is 242 g/mol. The summed E-state index contributed by atoms with van der Waals surface area (Å²) in [5.41, 5.74) is 5.52. The van der Waals surface area contributed by atoms with Crippen molar-refractivity contribution in [2.24, 2.45) is 5.73 Å². The van der Waals surface area contributed by atoms with Crippen LogP contribution >= 0.6 is 12.4 Å². The molecule has 0 aliphatic rings. The van der Waals surface area contributed by atoms with Gasteiger partial charge in [0.2, 0.25) is 0 Å². The summed E-state index contributed by atoms with van der Waals surface area (Å²) in [4.78, 5) is 0. The topological polar surface area (TPSA) is 46.2 Å². The Hall–Kier alpha value is -0.780. The van der Waals surface area contributed by atoms with Crippen molar-refractivity contribution in [3.8, 4) is 0 Å². The fourth-order valence-electron chi connectivity index (χ4n) is 1.06. The Morgan fingerprint density at radius 2 is 1.60 bits per heavy atom. The van der Waals surface area contributed by atoms with Crippen LogP contribution in [0.1, 0.15) is 11.6 Å². The van der Waals surface area contributed by atoms with Crippen molar-refractivity contribution in [2.45, 2.75) is 18.3 Å². The molecule has 2 atom stereocenters. The number of aliphatic hydroxyl groups excluding tert-OH is 1. The summed E-state index contributed by atoms with van der Waals surface area (Å²) in [6.45, 7) is 0. The summed E-state index contributed by atoms with van der Waals surface area (Å²) >= 11 is 0. The monoisotopic (exact) mass is 241 g/mol. The lowest BCUT2D eigenvalue weighted by atomic mass is 10.0. The first-order valence-corrected chi connectivity index (χ1v) is 3.98. The summed E-state index contributed by atoms with van der Waals surface area (Å²) in [6.07, 6.45) is -7.21. The highest BCUT2D eigenvalue weighted by Crippen LogP contribution is 2.28. The van der Waals surface area contributed by atoms with E-state index in [-0.39, 0.29) is 18.0 Å². The quantitative estimate of drug-likeness (QED) is 0.832. The largest absolute Gasteiger partial charge is 0.416 e. The van der Waals surface area contributed by atoms with Gasteiger partial charge in [-0.3, -0.25) is 0 Å². The molecule has 2 nitrogen and oxygen atoms in total. The third kappa shape index (κ3) is 3.70. The maximum Gasteiger partial charge on any atom is 0.416 e. The zero-order valence-corrected chi connectivity index (χ0v) is 8.42. The van der Waals surface area contributed by atoms with Crippen molar-refractivity contribution in [3.05, 3.63) is 35.9 Å². The number of hydrogen-bond acceptors (Lipinski definition) is 2. The van der Waals surface area contributed by atoms with Gasteiger partial charge in [0.15, 0.2) is 6.10 Å². The lowest BCUT2D eigenvalue weighted by Gasteiger charge is -2.21. The highest BCUT2D eigenvalue weighted by molar-refractivity contribution is 5.85. The Morgan fingerprint density at radius 3 is 2.00 bits per heavy atom. The van der Waals surface area contributed by atoms with E-state index in [0.717, 1.165) is 0 Å². The molecule has 0 aromatic heterocycles. The number of hydrogen-bond donors (Lipinski definition) is 2. The number of alkyl halides is 3. The molecule has 3 N–H and O–H groups in total. The number of benzene rings is 1. The maximum atomic E-state index is 12.1. The van der Waals surface area contributed by atoms with Gasteiger partial charge in [-0.25, -0.2) is 0 Å². The van der Waals surface area contributed by atoms with E-state index in [0.29, 0.717) is 0 Å². The summed E-state index contributed by atoms with van der Waals surface area (Å²) in [5, 5.41) is 8.86. The molecular weight excluding hydrogens is 231 g/mol. The molecule has 0 fully saturated rings. The first-order chi connectivity index (χ1) is 6.43. The molecule has 0 saturated heterocycles. The normalized spacial score (nSPS) is 15.3. The van der Waals surface area contributed by atoms with Crippen LogP contribution in [0.2, 0.25) is 0 Å². The molecule has 1 rings (SSSR count). The van der Waals surface area contributed by atoms with E-state index in [1.54, 1.807) is 18.2 Å². The van der Waals surface area contributed by atoms with Crippen molar-refractivity contribution >= 4 is 12.4 Å². The number of halogens is 4. The van der Waals surface area contributed by atoms with Crippen molar-refractivity contribution in [1.82, 2.24) is 0 Å². The van der Waals surface area contributed by atoms with Crippen LogP contribution < -0.4 is 5.73 Å². The first-order valence-electron chi connectivity index (χ1n) is 3.98. The van der Waals surface area contributed by atoms with Crippen LogP contribution in [0.3, 0.4) is 0 Å². The number of rotatable bonds is 2. The Morgan fingerprint density at radius 1 is 1.13 bits per heavy atom. The van der Waals surface area contributed by atoms with E-state index in [1.807, 2.05) is 0 Å². The molecular formula is C9H11ClF3NO. The van der Waals surface area contributed by atoms with Crippen LogP contribution in [-0.2, 0) is 0 Å². The average Bonchev–Trinajstić information content (AvgIpc) is 2.15. The summed E-state index contributed by atoms with van der Waals surface area (Å²) in [6, 6.07) is 6.25. The van der Waals surface area contributed by atoms with Crippen molar-refractivity contribution < 1.29 is 18.3 Å². The van der Waals surface area contributed by atoms with E-state index < -0.39 is 18.3 Å². The first kappa shape index (κ1) is 14.2. The third-order valence-electron chi connectivity index (χ3n) is 1.86. The van der Waals surface area contributed by atoms with Crippen molar-refractivity contribution in [2.75, 3.05) is 0 Å². The Bertz CT molecular complexity index is 291. The van der Waals surface area contributed by atoms with Crippen LogP contribution in [-0.4, -0.2) is 17.4 Å². The molecule has 0 saturated carbocycles. The standard InChI is InChI=1S/C9H10F3NO.ClH/c10-9(11,12)8(14)7(13)6-4-2-1-3-5-6;/h1-5,7-8,14H,13H2;1H. The highest BCUT2D eigenvalue weighted by Gasteiger charge is 2.42. The van der Waals surface area contributed by atoms with Gasteiger partial charge >= 0.3 is 6.18 Å². The predicted octanol–water partition coefficient (Wildman–Crippen LogP) is 2.03. The van der Waals surface area contributed by atoms with Crippen molar-refractivity contribution in [1.29, 1.82) is 0 Å². The summed E-state index contributed by atoms with van der Waals surface area (Å²) < 4.78 is 36.2. The van der Waals surface area contributed by atoms with E-state index >= 15 is 0 Å². The molecule has 0 spiro atoms. The second-order valence-corrected chi connectivity index (χ2v) is 2.92. The minimum atomic E-state index is -4.69. The molecule has 15 heavy (non-hydrogen) atoms. The molecule has 0 amide bonds. The fraction of sp³-hybridized carbons (Fsp3) is 0.333. The van der Waals surface area contributed by atoms with E-state index in [4.69, 9.17) is 10.8 Å². The Balaban J connectivity index is 0.00000196. The summed E-state index contributed by atoms with van der Waals surface area (Å²) in [7, 11) is 0. The molecule has 0 aliphatic heterocycles. The Labute approximate surface area is 91.3 Å². The van der Waals surface area contributed by atoms with Gasteiger partial charge in [0.1, 0.15) is 0 Å². The van der Waals surface area contributed by atoms with Gasteiger partial charge < -0.3 is 10.8 Å². The van der Waals surface area contributed by atoms with Gasteiger partial charge in [0, 0.05) is 0 Å². The lowest BCUT2D eigenvalue weighted by molar-refractivity contribution is -0.210. The Kier molecular flexibility index (Phi) is 5.07. The molecule has 86 valence electrons. The van der Waals surface area contributed by atoms with E-state index in [2.05, 4.69) is 0 Å². The number of nitrogens with two attached hydrogens (primary N) is 1. The van der Waals surface area contributed by atoms with Gasteiger partial charge in [-0.1, -0.05) is 30.3 Å². The van der Waals surface area contributed by atoms with Crippen LogP contribution in [0, 0.1) is 0 Å². The van der Waals surface area contributed by atoms with Gasteiger partial charge in [-0.15, -0.1) is 12.4 Å². The van der Waals surface area contributed by atoms with Crippen LogP contribution in [0.5, 0.6) is 0 Å². The predicted molar refractivity (Wildman–Crippen MR) is 52.7 cm³/mol. The second kappa shape index (κ2) is 5.34. The highest BCUT2D eigenvalue weighted by atomic mass is 35.5. The summed E-state index contributed by atoms with van der Waals surface area (Å²) in [5.74, 6) is 0. The molecule has 0 bridgehead atoms. The van der Waals surface area contributed by atoms with Gasteiger partial charge in [0.05, 0.1) is 6.04 Å². The fourth-order valence-corrected chi connectivity index (χ4v) is 1.06. The minimum Gasteiger partial charge on any atom is -0.382 e. The van der Waals surface area contributed by atoms with Gasteiger partial charge in [-0.05, 0) is 5.56 Å². The molecule has 0 radical (unpaired) electrons. The minimum absolute atomic E-state index is 0. The molecule has 0 heterocycles. The zero-order chi connectivity index (χ0) is 10.8. The van der Waals surface area contributed by atoms with Gasteiger partial charge in [-0.2, -0.15) is 13.2 Å². The smallest absolute Gasteiger partial charge is 0.382 e. The maximum absolute atomic E-state index is 12.1. The zero-order valence-electron chi connectivity index (χ0n) is 7.61. The molecule has 6 heteroatoms. The molecule has 1 aromatic carbocycles. The van der Waals surface area contributed by atoms with Gasteiger partial charge in [0.25, 0.3) is 0 Å². The van der Waals surface area contributed by atoms with E-state index in [9.17, 15) is 13.2 Å². The van der Waals surface area contributed by atoms with Crippen LogP contribution in [0.15, 0.2) is 30.3 Å². The van der Waals surface area contributed by atoms with Crippen LogP contribution in [0.25, 0.3) is 0 Å². The molecule has 2 unspecified atom stereocenters. The molecule has 0 aliphatic carbocycles. The third-order valence-corrected chi connectivity index (χ3v) is 1.86. The van der Waals surface area contributed by atoms with Crippen molar-refractivity contribution in [3.63, 3.8) is 0 Å².